The lowest BCUT2D eigenvalue weighted by Gasteiger charge is -2.29. The number of unbranched alkanes of at least 4 members (excludes halogenated alkanes) is 4. The molecule has 0 unspecified atom stereocenters. The molecule has 1 aliphatic carbocycles. The third-order valence-electron chi connectivity index (χ3n) is 5.86. The van der Waals surface area contributed by atoms with Gasteiger partial charge in [-0.3, -0.25) is 0 Å². The van der Waals surface area contributed by atoms with Crippen molar-refractivity contribution in [1.29, 1.82) is 0 Å². The average Bonchev–Trinajstić information content (AvgIpc) is 2.62. The first kappa shape index (κ1) is 18.0. The molecule has 0 nitrogen and oxygen atoms in total. The minimum Gasteiger partial charge on any atom is -0.0654 e. The van der Waals surface area contributed by atoms with Crippen LogP contribution in [0.1, 0.15) is 82.6 Å². The van der Waals surface area contributed by atoms with E-state index in [-0.39, 0.29) is 0 Å². The summed E-state index contributed by atoms with van der Waals surface area (Å²) in [5.74, 6) is 1.79. The molecule has 0 bridgehead atoms. The van der Waals surface area contributed by atoms with Gasteiger partial charge < -0.3 is 0 Å². The lowest BCUT2D eigenvalue weighted by atomic mass is 9.77. The Kier molecular flexibility index (Phi) is 6.77. The quantitative estimate of drug-likeness (QED) is 0.420. The number of benzene rings is 2. The van der Waals surface area contributed by atoms with E-state index in [9.17, 15) is 0 Å². The standard InChI is InChI=1S/C23H31Br/c1-2-3-4-5-6-7-18-8-10-19(11-9-18)20-12-13-22-17-23(24)15-14-21(22)16-20/h12-19H,2-11H2,1H3/t18-,19-. The van der Waals surface area contributed by atoms with Gasteiger partial charge in [-0.25, -0.2) is 0 Å². The van der Waals surface area contributed by atoms with Gasteiger partial charge in [-0.2, -0.15) is 0 Å². The normalized spacial score (nSPS) is 21.2. The maximum Gasteiger partial charge on any atom is 0.0181 e. The zero-order chi connectivity index (χ0) is 16.8. The Morgan fingerprint density at radius 3 is 2.33 bits per heavy atom. The molecule has 2 aromatic carbocycles. The highest BCUT2D eigenvalue weighted by atomic mass is 79.9. The number of halogens is 1. The van der Waals surface area contributed by atoms with Crippen LogP contribution in [0, 0.1) is 5.92 Å². The molecule has 1 fully saturated rings. The first-order chi connectivity index (χ1) is 11.8. The predicted octanol–water partition coefficient (Wildman–Crippen LogP) is 8.24. The number of rotatable bonds is 7. The summed E-state index contributed by atoms with van der Waals surface area (Å²) in [5, 5.41) is 2.72. The highest BCUT2D eigenvalue weighted by molar-refractivity contribution is 9.10. The lowest BCUT2D eigenvalue weighted by Crippen LogP contribution is -2.13. The smallest absolute Gasteiger partial charge is 0.0181 e. The van der Waals surface area contributed by atoms with Crippen molar-refractivity contribution in [3.05, 3.63) is 46.4 Å². The van der Waals surface area contributed by atoms with Crippen molar-refractivity contribution in [3.63, 3.8) is 0 Å². The Hall–Kier alpha value is -0.820. The van der Waals surface area contributed by atoms with Gasteiger partial charge >= 0.3 is 0 Å². The third kappa shape index (κ3) is 4.85. The number of hydrogen-bond donors (Lipinski definition) is 0. The van der Waals surface area contributed by atoms with Crippen LogP contribution < -0.4 is 0 Å². The lowest BCUT2D eigenvalue weighted by molar-refractivity contribution is 0.302. The first-order valence-electron chi connectivity index (χ1n) is 9.95. The molecule has 0 spiro atoms. The molecule has 1 aliphatic rings. The van der Waals surface area contributed by atoms with Crippen LogP contribution in [0.15, 0.2) is 40.9 Å². The molecule has 3 rings (SSSR count). The van der Waals surface area contributed by atoms with E-state index in [2.05, 4.69) is 59.3 Å². The Bertz CT molecular complexity index is 638. The molecule has 0 aromatic heterocycles. The summed E-state index contributed by atoms with van der Waals surface area (Å²) in [4.78, 5) is 0. The van der Waals surface area contributed by atoms with Crippen LogP contribution in [-0.2, 0) is 0 Å². The van der Waals surface area contributed by atoms with E-state index < -0.39 is 0 Å². The fourth-order valence-corrected chi connectivity index (χ4v) is 4.69. The van der Waals surface area contributed by atoms with Crippen molar-refractivity contribution in [2.45, 2.75) is 77.0 Å². The molecule has 0 radical (unpaired) electrons. The van der Waals surface area contributed by atoms with E-state index in [0.29, 0.717) is 0 Å². The second-order valence-corrected chi connectivity index (χ2v) is 8.59. The fraction of sp³-hybridized carbons (Fsp3) is 0.565. The first-order valence-corrected chi connectivity index (χ1v) is 10.7. The molecule has 0 atom stereocenters. The van der Waals surface area contributed by atoms with Gasteiger partial charge in [-0.1, -0.05) is 85.6 Å². The monoisotopic (exact) mass is 386 g/mol. The predicted molar refractivity (Wildman–Crippen MR) is 110 cm³/mol. The van der Waals surface area contributed by atoms with Crippen molar-refractivity contribution in [1.82, 2.24) is 0 Å². The van der Waals surface area contributed by atoms with Crippen LogP contribution in [0.4, 0.5) is 0 Å². The minimum absolute atomic E-state index is 0.786. The van der Waals surface area contributed by atoms with E-state index in [1.54, 1.807) is 5.56 Å². The molecule has 0 heterocycles. The largest absolute Gasteiger partial charge is 0.0654 e. The second-order valence-electron chi connectivity index (χ2n) is 7.67. The van der Waals surface area contributed by atoms with Gasteiger partial charge in [0.2, 0.25) is 0 Å². The zero-order valence-corrected chi connectivity index (χ0v) is 16.7. The van der Waals surface area contributed by atoms with Crippen molar-refractivity contribution in [2.75, 3.05) is 0 Å². The molecule has 0 aliphatic heterocycles. The van der Waals surface area contributed by atoms with Crippen LogP contribution >= 0.6 is 15.9 Å². The maximum atomic E-state index is 3.57. The van der Waals surface area contributed by atoms with Crippen molar-refractivity contribution < 1.29 is 0 Å². The van der Waals surface area contributed by atoms with E-state index in [1.807, 2.05) is 0 Å². The van der Waals surface area contributed by atoms with Gasteiger partial charge in [-0.15, -0.1) is 0 Å². The summed E-state index contributed by atoms with van der Waals surface area (Å²) in [5.41, 5.74) is 1.56. The van der Waals surface area contributed by atoms with Gasteiger partial charge in [-0.05, 0) is 66.0 Å². The van der Waals surface area contributed by atoms with E-state index in [4.69, 9.17) is 0 Å². The Morgan fingerprint density at radius 2 is 1.54 bits per heavy atom. The van der Waals surface area contributed by atoms with Crippen LogP contribution in [0.25, 0.3) is 10.8 Å². The minimum atomic E-state index is 0.786. The molecule has 24 heavy (non-hydrogen) atoms. The molecular weight excluding hydrogens is 356 g/mol. The summed E-state index contributed by atoms with van der Waals surface area (Å²) in [6, 6.07) is 13.7. The van der Waals surface area contributed by atoms with E-state index >= 15 is 0 Å². The van der Waals surface area contributed by atoms with E-state index in [0.717, 1.165) is 11.8 Å². The molecule has 2 aromatic rings. The maximum absolute atomic E-state index is 3.57. The van der Waals surface area contributed by atoms with Crippen molar-refractivity contribution >= 4 is 26.7 Å². The molecular formula is C23H31Br. The molecule has 1 heteroatoms. The van der Waals surface area contributed by atoms with Gasteiger partial charge in [0, 0.05) is 4.47 Å². The molecule has 0 amide bonds. The van der Waals surface area contributed by atoms with Gasteiger partial charge in [0.25, 0.3) is 0 Å². The second kappa shape index (κ2) is 9.04. The topological polar surface area (TPSA) is 0 Å². The van der Waals surface area contributed by atoms with Crippen molar-refractivity contribution in [2.24, 2.45) is 5.92 Å². The SMILES string of the molecule is CCCCCCC[C@H]1CC[C@H](c2ccc3cc(Br)ccc3c2)CC1. The third-order valence-corrected chi connectivity index (χ3v) is 6.35. The Labute approximate surface area is 156 Å². The summed E-state index contributed by atoms with van der Waals surface area (Å²) >= 11 is 3.57. The summed E-state index contributed by atoms with van der Waals surface area (Å²) in [6.45, 7) is 2.30. The molecule has 130 valence electrons. The Balaban J connectivity index is 1.50. The average molecular weight is 387 g/mol. The summed E-state index contributed by atoms with van der Waals surface area (Å²) < 4.78 is 1.17. The summed E-state index contributed by atoms with van der Waals surface area (Å²) in [7, 11) is 0. The number of hydrogen-bond acceptors (Lipinski definition) is 0. The van der Waals surface area contributed by atoms with Crippen LogP contribution in [0.2, 0.25) is 0 Å². The van der Waals surface area contributed by atoms with Crippen molar-refractivity contribution in [3.8, 4) is 0 Å². The molecule has 1 saturated carbocycles. The Morgan fingerprint density at radius 1 is 0.833 bits per heavy atom. The number of fused-ring (bicyclic) bond motifs is 1. The highest BCUT2D eigenvalue weighted by Gasteiger charge is 2.22. The van der Waals surface area contributed by atoms with Gasteiger partial charge in [0.05, 0.1) is 0 Å². The summed E-state index contributed by atoms with van der Waals surface area (Å²) in [6.07, 6.45) is 14.3. The van der Waals surface area contributed by atoms with Gasteiger partial charge in [0.15, 0.2) is 0 Å². The van der Waals surface area contributed by atoms with Crippen LogP contribution in [-0.4, -0.2) is 0 Å². The highest BCUT2D eigenvalue weighted by Crippen LogP contribution is 2.38. The molecule has 0 N–H and O–H groups in total. The zero-order valence-electron chi connectivity index (χ0n) is 15.1. The van der Waals surface area contributed by atoms with Gasteiger partial charge in [0.1, 0.15) is 0 Å². The van der Waals surface area contributed by atoms with E-state index in [1.165, 1.54) is 79.5 Å². The van der Waals surface area contributed by atoms with Crippen LogP contribution in [0.5, 0.6) is 0 Å². The fourth-order valence-electron chi connectivity index (χ4n) is 4.31. The van der Waals surface area contributed by atoms with Crippen LogP contribution in [0.3, 0.4) is 0 Å². The molecule has 0 saturated heterocycles.